The Kier molecular flexibility index (Phi) is 5.66. The van der Waals surface area contributed by atoms with Crippen LogP contribution < -0.4 is 0 Å². The van der Waals surface area contributed by atoms with E-state index in [1.807, 2.05) is 0 Å². The number of hydrogen-bond acceptors (Lipinski definition) is 4. The molecule has 1 aliphatic rings. The Labute approximate surface area is 156 Å². The molecule has 0 saturated carbocycles. The first kappa shape index (κ1) is 18.8. The van der Waals surface area contributed by atoms with E-state index in [0.29, 0.717) is 18.6 Å². The molecule has 5 nitrogen and oxygen atoms in total. The zero-order valence-electron chi connectivity index (χ0n) is 14.9. The normalized spacial score (nSPS) is 18.9. The van der Waals surface area contributed by atoms with Gasteiger partial charge in [-0.25, -0.2) is 4.39 Å². The lowest BCUT2D eigenvalue weighted by Crippen LogP contribution is -2.31. The first-order chi connectivity index (χ1) is 13.1. The van der Waals surface area contributed by atoms with Crippen molar-refractivity contribution < 1.29 is 23.8 Å². The van der Waals surface area contributed by atoms with Crippen LogP contribution in [0, 0.1) is 5.82 Å². The van der Waals surface area contributed by atoms with Gasteiger partial charge in [-0.1, -0.05) is 48.5 Å². The van der Waals surface area contributed by atoms with E-state index >= 15 is 0 Å². The highest BCUT2D eigenvalue weighted by Crippen LogP contribution is 2.40. The molecular weight excluding hydrogens is 349 g/mol. The third-order valence-corrected chi connectivity index (χ3v) is 4.53. The lowest BCUT2D eigenvalue weighted by molar-refractivity contribution is -0.140. The van der Waals surface area contributed by atoms with Crippen LogP contribution in [-0.2, 0) is 14.3 Å². The average Bonchev–Trinajstić information content (AvgIpc) is 2.93. The highest BCUT2D eigenvalue weighted by atomic mass is 19.1. The van der Waals surface area contributed by atoms with E-state index in [0.717, 1.165) is 0 Å². The van der Waals surface area contributed by atoms with E-state index < -0.39 is 23.5 Å². The van der Waals surface area contributed by atoms with E-state index in [2.05, 4.69) is 0 Å². The maximum atomic E-state index is 14.5. The molecule has 0 aromatic heterocycles. The van der Waals surface area contributed by atoms with E-state index in [9.17, 15) is 19.1 Å². The van der Waals surface area contributed by atoms with Gasteiger partial charge in [0.05, 0.1) is 11.6 Å². The van der Waals surface area contributed by atoms with Crippen molar-refractivity contribution in [3.63, 3.8) is 0 Å². The first-order valence-electron chi connectivity index (χ1n) is 8.63. The summed E-state index contributed by atoms with van der Waals surface area (Å²) in [6.07, 6.45) is 0.486. The summed E-state index contributed by atoms with van der Waals surface area (Å²) in [6, 6.07) is 13.4. The number of hydrogen-bond donors (Lipinski definition) is 1. The molecular formula is C21H20FNO4. The SMILES string of the molecule is COCCCN1C(=O)C(=O)C(=C(O)c2ccccc2)[C@@H]1c1ccccc1F. The topological polar surface area (TPSA) is 66.8 Å². The van der Waals surface area contributed by atoms with Crippen LogP contribution in [0.15, 0.2) is 60.2 Å². The summed E-state index contributed by atoms with van der Waals surface area (Å²) < 4.78 is 19.5. The Bertz CT molecular complexity index is 879. The van der Waals surface area contributed by atoms with Gasteiger partial charge in [-0.3, -0.25) is 9.59 Å². The molecule has 1 saturated heterocycles. The van der Waals surface area contributed by atoms with Gasteiger partial charge in [0.2, 0.25) is 0 Å². The fourth-order valence-electron chi connectivity index (χ4n) is 3.26. The number of carbonyl (C=O) groups excluding carboxylic acids is 2. The summed E-state index contributed by atoms with van der Waals surface area (Å²) in [4.78, 5) is 26.6. The fourth-order valence-corrected chi connectivity index (χ4v) is 3.26. The third kappa shape index (κ3) is 3.61. The van der Waals surface area contributed by atoms with Gasteiger partial charge < -0.3 is 14.7 Å². The molecule has 1 fully saturated rings. The molecule has 3 rings (SSSR count). The van der Waals surface area contributed by atoms with Crippen LogP contribution in [0.4, 0.5) is 4.39 Å². The van der Waals surface area contributed by atoms with Gasteiger partial charge in [-0.05, 0) is 12.5 Å². The number of benzene rings is 2. The second-order valence-electron chi connectivity index (χ2n) is 6.23. The van der Waals surface area contributed by atoms with Gasteiger partial charge in [0.15, 0.2) is 0 Å². The van der Waals surface area contributed by atoms with Gasteiger partial charge in [0, 0.05) is 31.4 Å². The standard InChI is InChI=1S/C21H20FNO4/c1-27-13-7-12-23-18(15-10-5-6-11-16(15)22)17(20(25)21(23)26)19(24)14-8-3-2-4-9-14/h2-6,8-11,18,24H,7,12-13H2,1H3/t18-/m0/s1. The van der Waals surface area contributed by atoms with Gasteiger partial charge >= 0.3 is 0 Å². The molecule has 2 aromatic rings. The van der Waals surface area contributed by atoms with Crippen LogP contribution in [0.5, 0.6) is 0 Å². The predicted octanol–water partition coefficient (Wildman–Crippen LogP) is 3.28. The molecule has 1 atom stereocenters. The summed E-state index contributed by atoms with van der Waals surface area (Å²) in [5.74, 6) is -2.42. The molecule has 0 unspecified atom stereocenters. The van der Waals surface area contributed by atoms with E-state index in [1.54, 1.807) is 36.4 Å². The summed E-state index contributed by atoms with van der Waals surface area (Å²) in [6.45, 7) is 0.606. The number of aliphatic hydroxyl groups is 1. The monoisotopic (exact) mass is 369 g/mol. The maximum absolute atomic E-state index is 14.5. The van der Waals surface area contributed by atoms with Gasteiger partial charge in [-0.2, -0.15) is 0 Å². The summed E-state index contributed by atoms with van der Waals surface area (Å²) >= 11 is 0. The largest absolute Gasteiger partial charge is 0.507 e. The highest BCUT2D eigenvalue weighted by molar-refractivity contribution is 6.46. The summed E-state index contributed by atoms with van der Waals surface area (Å²) in [7, 11) is 1.54. The van der Waals surface area contributed by atoms with Crippen LogP contribution in [0.1, 0.15) is 23.6 Å². The van der Waals surface area contributed by atoms with Crippen molar-refractivity contribution in [2.24, 2.45) is 0 Å². The van der Waals surface area contributed by atoms with Crippen molar-refractivity contribution in [3.8, 4) is 0 Å². The molecule has 27 heavy (non-hydrogen) atoms. The van der Waals surface area contributed by atoms with Crippen molar-refractivity contribution in [3.05, 3.63) is 77.1 Å². The molecule has 1 N–H and O–H groups in total. The second kappa shape index (κ2) is 8.14. The van der Waals surface area contributed by atoms with Crippen molar-refractivity contribution in [1.29, 1.82) is 0 Å². The van der Waals surface area contributed by atoms with E-state index in [1.165, 1.54) is 30.2 Å². The number of rotatable bonds is 6. The molecule has 6 heteroatoms. The van der Waals surface area contributed by atoms with Crippen LogP contribution in [0.2, 0.25) is 0 Å². The number of aliphatic hydroxyl groups excluding tert-OH is 1. The number of likely N-dealkylation sites (tertiary alicyclic amines) is 1. The number of methoxy groups -OCH3 is 1. The van der Waals surface area contributed by atoms with E-state index in [4.69, 9.17) is 4.74 Å². The van der Waals surface area contributed by atoms with E-state index in [-0.39, 0.29) is 23.4 Å². The molecule has 1 heterocycles. The van der Waals surface area contributed by atoms with Gasteiger partial charge in [0.25, 0.3) is 11.7 Å². The number of ketones is 1. The van der Waals surface area contributed by atoms with Crippen LogP contribution in [-0.4, -0.2) is 42.0 Å². The number of amides is 1. The summed E-state index contributed by atoms with van der Waals surface area (Å²) in [5.41, 5.74) is 0.467. The molecule has 1 aliphatic heterocycles. The molecule has 140 valence electrons. The highest BCUT2D eigenvalue weighted by Gasteiger charge is 2.46. The number of nitrogens with zero attached hydrogens (tertiary/aromatic N) is 1. The van der Waals surface area contributed by atoms with Crippen molar-refractivity contribution in [1.82, 2.24) is 4.90 Å². The van der Waals surface area contributed by atoms with Crippen molar-refractivity contribution in [2.75, 3.05) is 20.3 Å². The van der Waals surface area contributed by atoms with Crippen LogP contribution in [0.3, 0.4) is 0 Å². The zero-order valence-corrected chi connectivity index (χ0v) is 14.9. The lowest BCUT2D eigenvalue weighted by Gasteiger charge is -2.25. The third-order valence-electron chi connectivity index (χ3n) is 4.53. The quantitative estimate of drug-likeness (QED) is 0.367. The molecule has 1 amide bonds. The number of carbonyl (C=O) groups is 2. The Morgan fingerprint density at radius 2 is 1.78 bits per heavy atom. The Morgan fingerprint density at radius 1 is 1.11 bits per heavy atom. The van der Waals surface area contributed by atoms with Crippen molar-refractivity contribution >= 4 is 17.4 Å². The van der Waals surface area contributed by atoms with Crippen LogP contribution >= 0.6 is 0 Å². The molecule has 0 spiro atoms. The minimum Gasteiger partial charge on any atom is -0.507 e. The number of ether oxygens (including phenoxy) is 1. The molecule has 0 bridgehead atoms. The zero-order chi connectivity index (χ0) is 19.4. The lowest BCUT2D eigenvalue weighted by atomic mass is 9.95. The smallest absolute Gasteiger partial charge is 0.295 e. The maximum Gasteiger partial charge on any atom is 0.295 e. The minimum atomic E-state index is -0.983. The Hall–Kier alpha value is -2.99. The Balaban J connectivity index is 2.14. The predicted molar refractivity (Wildman–Crippen MR) is 98.3 cm³/mol. The number of halogens is 1. The van der Waals surface area contributed by atoms with Crippen LogP contribution in [0.25, 0.3) is 5.76 Å². The Morgan fingerprint density at radius 3 is 2.44 bits per heavy atom. The number of Topliss-reactive ketones (excluding diaryl/α,β-unsaturated/α-hetero) is 1. The minimum absolute atomic E-state index is 0.103. The van der Waals surface area contributed by atoms with Gasteiger partial charge in [-0.15, -0.1) is 0 Å². The molecule has 2 aromatic carbocycles. The summed E-state index contributed by atoms with van der Waals surface area (Å²) in [5, 5.41) is 10.8. The molecule has 0 radical (unpaired) electrons. The first-order valence-corrected chi connectivity index (χ1v) is 8.63. The van der Waals surface area contributed by atoms with Gasteiger partial charge in [0.1, 0.15) is 11.6 Å². The molecule has 0 aliphatic carbocycles. The average molecular weight is 369 g/mol. The van der Waals surface area contributed by atoms with Crippen molar-refractivity contribution in [2.45, 2.75) is 12.5 Å². The fraction of sp³-hybridized carbons (Fsp3) is 0.238. The second-order valence-corrected chi connectivity index (χ2v) is 6.23.